The summed E-state index contributed by atoms with van der Waals surface area (Å²) in [5.74, 6) is -0.588. The van der Waals surface area contributed by atoms with Gasteiger partial charge in [-0.15, -0.1) is 0 Å². The van der Waals surface area contributed by atoms with Gasteiger partial charge in [-0.25, -0.2) is 13.1 Å². The lowest BCUT2D eigenvalue weighted by atomic mass is 10.0. The van der Waals surface area contributed by atoms with Gasteiger partial charge in [0.25, 0.3) is 21.8 Å². The third-order valence-electron chi connectivity index (χ3n) is 4.31. The summed E-state index contributed by atoms with van der Waals surface area (Å²) in [6.07, 6.45) is -0.209. The highest BCUT2D eigenvalue weighted by molar-refractivity contribution is 7.90. The van der Waals surface area contributed by atoms with Crippen LogP contribution in [-0.4, -0.2) is 31.5 Å². The monoisotopic (exact) mass is 407 g/mol. The van der Waals surface area contributed by atoms with Crippen LogP contribution in [-0.2, 0) is 21.2 Å². The second-order valence-electron chi connectivity index (χ2n) is 6.85. The Kier molecular flexibility index (Phi) is 5.16. The van der Waals surface area contributed by atoms with E-state index in [0.717, 1.165) is 0 Å². The van der Waals surface area contributed by atoms with Crippen molar-refractivity contribution in [2.75, 3.05) is 5.32 Å². The van der Waals surface area contributed by atoms with Gasteiger partial charge in [0.2, 0.25) is 0 Å². The number of nitrogens with one attached hydrogen (secondary N) is 2. The number of anilines is 1. The minimum atomic E-state index is -4.19. The highest BCUT2D eigenvalue weighted by Gasteiger charge is 2.32. The third kappa shape index (κ3) is 3.72. The van der Waals surface area contributed by atoms with Gasteiger partial charge in [-0.05, 0) is 24.5 Å². The summed E-state index contributed by atoms with van der Waals surface area (Å²) in [5.41, 5.74) is 0.605. The van der Waals surface area contributed by atoms with E-state index in [1.807, 2.05) is 25.5 Å². The van der Waals surface area contributed by atoms with Crippen LogP contribution in [0.1, 0.15) is 42.6 Å². The number of aromatic nitrogens is 1. The Labute approximate surface area is 162 Å². The normalized spacial score (nSPS) is 16.3. The van der Waals surface area contributed by atoms with Crippen LogP contribution in [0, 0.1) is 12.8 Å². The van der Waals surface area contributed by atoms with Crippen molar-refractivity contribution >= 4 is 27.5 Å². The maximum absolute atomic E-state index is 12.7. The number of fused-ring (bicyclic) bond motifs is 1. The van der Waals surface area contributed by atoms with E-state index >= 15 is 0 Å². The zero-order valence-corrected chi connectivity index (χ0v) is 16.7. The fourth-order valence-electron chi connectivity index (χ4n) is 2.80. The van der Waals surface area contributed by atoms with Gasteiger partial charge in [0.05, 0.1) is 10.6 Å². The van der Waals surface area contributed by atoms with Gasteiger partial charge in [-0.1, -0.05) is 25.9 Å². The van der Waals surface area contributed by atoms with Crippen LogP contribution in [0.15, 0.2) is 27.6 Å². The van der Waals surface area contributed by atoms with Gasteiger partial charge in [0, 0.05) is 18.6 Å². The molecule has 9 nitrogen and oxygen atoms in total. The number of carbonyl (C=O) groups is 2. The Hall–Kier alpha value is -2.88. The molecule has 2 amide bonds. The van der Waals surface area contributed by atoms with Gasteiger partial charge in [-0.2, -0.15) is 0 Å². The quantitative estimate of drug-likeness (QED) is 0.776. The summed E-state index contributed by atoms with van der Waals surface area (Å²) in [4.78, 5) is 24.2. The maximum Gasteiger partial charge on any atom is 0.287 e. The fourth-order valence-corrected chi connectivity index (χ4v) is 4.01. The Morgan fingerprint density at radius 2 is 2.04 bits per heavy atom. The molecule has 1 atom stereocenters. The van der Waals surface area contributed by atoms with Crippen LogP contribution < -0.4 is 14.8 Å². The van der Waals surface area contributed by atoms with Crippen LogP contribution in [0.5, 0.6) is 5.75 Å². The first-order chi connectivity index (χ1) is 13.1. The molecule has 3 rings (SSSR count). The molecule has 2 heterocycles. The smallest absolute Gasteiger partial charge is 0.287 e. The maximum atomic E-state index is 12.7. The van der Waals surface area contributed by atoms with Gasteiger partial charge in [-0.3, -0.25) is 9.59 Å². The van der Waals surface area contributed by atoms with Crippen LogP contribution >= 0.6 is 0 Å². The van der Waals surface area contributed by atoms with Crippen LogP contribution in [0.25, 0.3) is 0 Å². The largest absolute Gasteiger partial charge is 0.478 e. The SMILES string of the molecule is CCc1cc(C(=O)NS(=O)(=O)c2cc3c(cc2C)NC(=O)C(C(C)C)O3)no1. The van der Waals surface area contributed by atoms with E-state index < -0.39 is 22.0 Å². The molecule has 0 fully saturated rings. The number of hydrogen-bond acceptors (Lipinski definition) is 7. The van der Waals surface area contributed by atoms with Gasteiger partial charge in [0.1, 0.15) is 11.5 Å². The van der Waals surface area contributed by atoms with E-state index in [0.29, 0.717) is 23.4 Å². The number of nitrogens with zero attached hydrogens (tertiary/aromatic N) is 1. The molecule has 0 aliphatic carbocycles. The van der Waals surface area contributed by atoms with Crippen LogP contribution in [0.3, 0.4) is 0 Å². The van der Waals surface area contributed by atoms with E-state index in [9.17, 15) is 18.0 Å². The number of sulfonamides is 1. The number of aryl methyl sites for hydroxylation is 2. The summed E-state index contributed by atoms with van der Waals surface area (Å²) < 4.78 is 38.1. The Bertz CT molecular complexity index is 1040. The predicted molar refractivity (Wildman–Crippen MR) is 99.6 cm³/mol. The molecule has 2 N–H and O–H groups in total. The number of hydrogen-bond donors (Lipinski definition) is 2. The van der Waals surface area contributed by atoms with Gasteiger partial charge in [0.15, 0.2) is 11.8 Å². The van der Waals surface area contributed by atoms with Crippen LogP contribution in [0.4, 0.5) is 5.69 Å². The molecule has 10 heteroatoms. The first kappa shape index (κ1) is 19.9. The van der Waals surface area contributed by atoms with E-state index in [2.05, 4.69) is 10.5 Å². The van der Waals surface area contributed by atoms with Crippen molar-refractivity contribution in [3.05, 3.63) is 35.2 Å². The highest BCUT2D eigenvalue weighted by Crippen LogP contribution is 2.35. The lowest BCUT2D eigenvalue weighted by Crippen LogP contribution is -2.40. The molecule has 2 aromatic rings. The minimum Gasteiger partial charge on any atom is -0.478 e. The van der Waals surface area contributed by atoms with Crippen molar-refractivity contribution in [2.45, 2.75) is 45.1 Å². The Morgan fingerprint density at radius 3 is 2.64 bits per heavy atom. The number of ether oxygens (including phenoxy) is 1. The lowest BCUT2D eigenvalue weighted by molar-refractivity contribution is -0.125. The summed E-state index contributed by atoms with van der Waals surface area (Å²) in [6, 6.07) is 4.18. The molecule has 1 aliphatic rings. The summed E-state index contributed by atoms with van der Waals surface area (Å²) in [5, 5.41) is 6.29. The molecule has 1 aromatic heterocycles. The molecular weight excluding hydrogens is 386 g/mol. The lowest BCUT2D eigenvalue weighted by Gasteiger charge is -2.29. The average Bonchev–Trinajstić information content (AvgIpc) is 3.09. The van der Waals surface area contributed by atoms with Crippen LogP contribution in [0.2, 0.25) is 0 Å². The minimum absolute atomic E-state index is 0.103. The van der Waals surface area contributed by atoms with Crippen molar-refractivity contribution in [3.8, 4) is 5.75 Å². The molecule has 0 bridgehead atoms. The molecule has 1 aromatic carbocycles. The van der Waals surface area contributed by atoms with Crippen molar-refractivity contribution in [1.29, 1.82) is 0 Å². The third-order valence-corrected chi connectivity index (χ3v) is 5.78. The zero-order valence-electron chi connectivity index (χ0n) is 15.9. The Balaban J connectivity index is 1.91. The predicted octanol–water partition coefficient (Wildman–Crippen LogP) is 2.02. The first-order valence-electron chi connectivity index (χ1n) is 8.77. The van der Waals surface area contributed by atoms with Gasteiger partial charge < -0.3 is 14.6 Å². The number of benzene rings is 1. The van der Waals surface area contributed by atoms with E-state index in [1.54, 1.807) is 6.92 Å². The fraction of sp³-hybridized carbons (Fsp3) is 0.389. The molecule has 28 heavy (non-hydrogen) atoms. The second kappa shape index (κ2) is 7.27. The number of amides is 2. The van der Waals surface area contributed by atoms with E-state index in [4.69, 9.17) is 9.26 Å². The van der Waals surface area contributed by atoms with Gasteiger partial charge >= 0.3 is 0 Å². The van der Waals surface area contributed by atoms with E-state index in [1.165, 1.54) is 18.2 Å². The molecule has 150 valence electrons. The van der Waals surface area contributed by atoms with E-state index in [-0.39, 0.29) is 28.2 Å². The number of rotatable bonds is 5. The molecule has 0 spiro atoms. The standard InChI is InChI=1S/C18H21N3O6S/c1-5-11-7-13(20-27-11)17(22)21-28(24,25)15-8-14-12(6-10(15)4)19-18(23)16(26-14)9(2)3/h6-9,16H,5H2,1-4H3,(H,19,23)(H,21,22). The molecule has 0 radical (unpaired) electrons. The van der Waals surface area contributed by atoms with Crippen molar-refractivity contribution in [3.63, 3.8) is 0 Å². The molecule has 0 saturated carbocycles. The van der Waals surface area contributed by atoms with Crippen molar-refractivity contribution in [1.82, 2.24) is 9.88 Å². The topological polar surface area (TPSA) is 128 Å². The average molecular weight is 407 g/mol. The second-order valence-corrected chi connectivity index (χ2v) is 8.50. The summed E-state index contributed by atoms with van der Waals surface area (Å²) in [7, 11) is -4.19. The molecule has 1 aliphatic heterocycles. The summed E-state index contributed by atoms with van der Waals surface area (Å²) in [6.45, 7) is 7.03. The van der Waals surface area contributed by atoms with Crippen molar-refractivity contribution < 1.29 is 27.3 Å². The highest BCUT2D eigenvalue weighted by atomic mass is 32.2. The summed E-state index contributed by atoms with van der Waals surface area (Å²) >= 11 is 0. The van der Waals surface area contributed by atoms with Crippen molar-refractivity contribution in [2.24, 2.45) is 5.92 Å². The first-order valence-corrected chi connectivity index (χ1v) is 10.3. The molecular formula is C18H21N3O6S. The Morgan fingerprint density at radius 1 is 1.32 bits per heavy atom. The zero-order chi connectivity index (χ0) is 20.6. The number of carbonyl (C=O) groups excluding carboxylic acids is 2. The molecule has 1 unspecified atom stereocenters. The molecule has 0 saturated heterocycles.